The fourth-order valence-electron chi connectivity index (χ4n) is 7.88. The van der Waals surface area contributed by atoms with Crippen LogP contribution in [0, 0.1) is 5.92 Å². The van der Waals surface area contributed by atoms with E-state index in [1.54, 1.807) is 26.6 Å². The van der Waals surface area contributed by atoms with Crippen LogP contribution in [0.15, 0.2) is 161 Å². The number of oxazole rings is 2. The zero-order valence-corrected chi connectivity index (χ0v) is 34.0. The number of methoxy groups -OCH3 is 2. The van der Waals surface area contributed by atoms with Crippen LogP contribution in [0.5, 0.6) is 11.5 Å². The minimum Gasteiger partial charge on any atom is -0.496 e. The number of hydrogen-bond acceptors (Lipinski definition) is 8. The van der Waals surface area contributed by atoms with Crippen molar-refractivity contribution in [1.82, 2.24) is 9.97 Å². The quantitative estimate of drug-likeness (QED) is 0.111. The van der Waals surface area contributed by atoms with Crippen molar-refractivity contribution in [3.05, 3.63) is 191 Å². The Labute approximate surface area is 351 Å². The molecule has 0 spiro atoms. The van der Waals surface area contributed by atoms with E-state index in [1.165, 1.54) is 19.3 Å². The van der Waals surface area contributed by atoms with Crippen LogP contribution in [0.4, 0.5) is 12.0 Å². The van der Waals surface area contributed by atoms with Gasteiger partial charge in [0.1, 0.15) is 23.0 Å². The number of nitrogens with zero attached hydrogens (tertiary/aromatic N) is 2. The van der Waals surface area contributed by atoms with E-state index in [4.69, 9.17) is 18.3 Å². The van der Waals surface area contributed by atoms with Gasteiger partial charge in [0.2, 0.25) is 11.8 Å². The third-order valence-corrected chi connectivity index (χ3v) is 10.8. The minimum absolute atomic E-state index is 0.0428. The number of aromatic nitrogens is 2. The van der Waals surface area contributed by atoms with Gasteiger partial charge >= 0.3 is 12.0 Å². The summed E-state index contributed by atoms with van der Waals surface area (Å²) in [5, 5.41) is 5.75. The molecule has 10 nitrogen and oxygen atoms in total. The number of hydrogen-bond donors (Lipinski definition) is 2. The summed E-state index contributed by atoms with van der Waals surface area (Å²) in [6, 6.07) is 45.4. The van der Waals surface area contributed by atoms with Crippen molar-refractivity contribution in [2.24, 2.45) is 5.92 Å². The molecule has 60 heavy (non-hydrogen) atoms. The van der Waals surface area contributed by atoms with Gasteiger partial charge in [0, 0.05) is 24.0 Å². The van der Waals surface area contributed by atoms with Gasteiger partial charge in [-0.15, -0.1) is 0 Å². The second-order valence-electron chi connectivity index (χ2n) is 14.8. The molecule has 1 atom stereocenters. The molecule has 2 aromatic heterocycles. The monoisotopic (exact) mass is 802 g/mol. The predicted octanol–water partition coefficient (Wildman–Crippen LogP) is 10.6. The van der Waals surface area contributed by atoms with E-state index in [0.717, 1.165) is 52.2 Å². The Kier molecular flexibility index (Phi) is 14.2. The molecule has 1 aliphatic rings. The van der Waals surface area contributed by atoms with Gasteiger partial charge in [0.05, 0.1) is 38.4 Å². The summed E-state index contributed by atoms with van der Waals surface area (Å²) < 4.78 is 22.4. The lowest BCUT2D eigenvalue weighted by Gasteiger charge is -2.29. The highest BCUT2D eigenvalue weighted by atomic mass is 16.5. The van der Waals surface area contributed by atoms with Crippen molar-refractivity contribution in [2.45, 2.75) is 56.8 Å². The summed E-state index contributed by atoms with van der Waals surface area (Å²) >= 11 is 0. The Hall–Kier alpha value is -6.94. The molecule has 2 N–H and O–H groups in total. The maximum Gasteiger partial charge on any atom is 0.301 e. The molecule has 0 radical (unpaired) electrons. The molecule has 1 saturated carbocycles. The van der Waals surface area contributed by atoms with Gasteiger partial charge in [-0.3, -0.25) is 20.2 Å². The lowest BCUT2D eigenvalue weighted by Crippen LogP contribution is -2.29. The Morgan fingerprint density at radius 2 is 0.983 bits per heavy atom. The van der Waals surface area contributed by atoms with Crippen molar-refractivity contribution in [3.8, 4) is 11.5 Å². The molecule has 1 unspecified atom stereocenters. The predicted molar refractivity (Wildman–Crippen MR) is 232 cm³/mol. The molecular weight excluding hydrogens is 753 g/mol. The first kappa shape index (κ1) is 41.2. The highest BCUT2D eigenvalue weighted by Gasteiger charge is 2.32. The maximum absolute atomic E-state index is 13.2. The number of nitrogens with one attached hydrogen (secondary N) is 2. The van der Waals surface area contributed by atoms with E-state index in [9.17, 15) is 9.59 Å². The molecule has 0 bridgehead atoms. The molecule has 5 aromatic carbocycles. The Balaban J connectivity index is 0.000000181. The molecule has 1 aliphatic carbocycles. The van der Waals surface area contributed by atoms with Crippen molar-refractivity contribution in [1.29, 1.82) is 0 Å². The molecule has 7 aromatic rings. The van der Waals surface area contributed by atoms with E-state index in [1.807, 2.05) is 140 Å². The van der Waals surface area contributed by atoms with Crippen molar-refractivity contribution in [3.63, 3.8) is 0 Å². The van der Waals surface area contributed by atoms with Crippen LogP contribution in [0.3, 0.4) is 0 Å². The fraction of sp³-hybridized carbons (Fsp3) is 0.240. The third kappa shape index (κ3) is 10.8. The smallest absolute Gasteiger partial charge is 0.301 e. The van der Waals surface area contributed by atoms with E-state index < -0.39 is 5.92 Å². The standard InChI is InChI=1S/C25H28N2O3.C25H22N2O3/c2*1-29-22-15-9-8-14-20(22)16-21-17-26-25(30-21)27-24(28)23(18-10-4-2-5-11-18)19-12-6-3-7-13-19/h2,4-5,8-11,14-15,17,19,23H,3,6-7,12-13,16H2,1H3,(H,26,27,28);2-15,17,23H,16H2,1H3,(H,26,27,28). The molecule has 2 heterocycles. The molecule has 8 rings (SSSR count). The van der Waals surface area contributed by atoms with Gasteiger partial charge in [0.25, 0.3) is 0 Å². The van der Waals surface area contributed by atoms with Crippen LogP contribution in [0.2, 0.25) is 0 Å². The van der Waals surface area contributed by atoms with Gasteiger partial charge in [-0.2, -0.15) is 0 Å². The number of anilines is 2. The van der Waals surface area contributed by atoms with Crippen LogP contribution in [0.1, 0.15) is 83.3 Å². The highest BCUT2D eigenvalue weighted by Crippen LogP contribution is 2.37. The second-order valence-corrected chi connectivity index (χ2v) is 14.8. The number of rotatable bonds is 14. The second kappa shape index (κ2) is 20.7. The maximum atomic E-state index is 13.2. The lowest BCUT2D eigenvalue weighted by molar-refractivity contribution is -0.119. The Bertz CT molecular complexity index is 2370. The van der Waals surface area contributed by atoms with Crippen LogP contribution in [-0.2, 0) is 22.4 Å². The zero-order valence-electron chi connectivity index (χ0n) is 34.0. The molecule has 2 amide bonds. The molecule has 306 valence electrons. The van der Waals surface area contributed by atoms with Crippen molar-refractivity contribution >= 4 is 23.8 Å². The number of ether oxygens (including phenoxy) is 2. The number of carbonyl (C=O) groups is 2. The molecule has 0 aliphatic heterocycles. The van der Waals surface area contributed by atoms with Gasteiger partial charge in [-0.05, 0) is 47.6 Å². The number of benzene rings is 5. The first-order valence-corrected chi connectivity index (χ1v) is 20.4. The molecule has 0 saturated heterocycles. The highest BCUT2D eigenvalue weighted by molar-refractivity contribution is 5.97. The van der Waals surface area contributed by atoms with E-state index in [0.29, 0.717) is 30.3 Å². The van der Waals surface area contributed by atoms with Crippen LogP contribution < -0.4 is 20.1 Å². The summed E-state index contributed by atoms with van der Waals surface area (Å²) in [4.78, 5) is 34.9. The summed E-state index contributed by atoms with van der Waals surface area (Å²) in [5.74, 6) is 2.39. The average Bonchev–Trinajstić information content (AvgIpc) is 3.94. The van der Waals surface area contributed by atoms with E-state index >= 15 is 0 Å². The van der Waals surface area contributed by atoms with Crippen molar-refractivity contribution in [2.75, 3.05) is 24.9 Å². The molecule has 10 heteroatoms. The zero-order chi connectivity index (χ0) is 41.5. The minimum atomic E-state index is -0.461. The third-order valence-electron chi connectivity index (χ3n) is 10.8. The first-order valence-electron chi connectivity index (χ1n) is 20.4. The van der Waals surface area contributed by atoms with Crippen molar-refractivity contribution < 1.29 is 27.9 Å². The summed E-state index contributed by atoms with van der Waals surface area (Å²) in [6.07, 6.45) is 10.2. The van der Waals surface area contributed by atoms with Gasteiger partial charge in [0.15, 0.2) is 0 Å². The number of carbonyl (C=O) groups excluding carboxylic acids is 2. The van der Waals surface area contributed by atoms with Crippen LogP contribution >= 0.6 is 0 Å². The summed E-state index contributed by atoms with van der Waals surface area (Å²) in [7, 11) is 3.29. The van der Waals surface area contributed by atoms with E-state index in [2.05, 4.69) is 20.6 Å². The van der Waals surface area contributed by atoms with E-state index in [-0.39, 0.29) is 29.8 Å². The summed E-state index contributed by atoms with van der Waals surface area (Å²) in [5.41, 5.74) is 4.87. The molecular formula is C50H50N4O6. The molecule has 1 fully saturated rings. The average molecular weight is 803 g/mol. The van der Waals surface area contributed by atoms with Crippen LogP contribution in [-0.4, -0.2) is 36.0 Å². The fourth-order valence-corrected chi connectivity index (χ4v) is 7.88. The number of amides is 2. The largest absolute Gasteiger partial charge is 0.496 e. The SMILES string of the molecule is COc1ccccc1Cc1cnc(NC(=O)C(c2ccccc2)C2CCCCC2)o1.COc1ccccc1Cc1cnc(NC(=O)C(c2ccccc2)c2ccccc2)o1. The normalized spacial score (nSPS) is 13.1. The first-order chi connectivity index (χ1) is 29.5. The van der Waals surface area contributed by atoms with Gasteiger partial charge < -0.3 is 18.3 Å². The lowest BCUT2D eigenvalue weighted by atomic mass is 9.76. The van der Waals surface area contributed by atoms with Gasteiger partial charge in [-0.25, -0.2) is 9.97 Å². The number of para-hydroxylation sites is 2. The Morgan fingerprint density at radius 1 is 0.567 bits per heavy atom. The van der Waals surface area contributed by atoms with Crippen LogP contribution in [0.25, 0.3) is 0 Å². The topological polar surface area (TPSA) is 129 Å². The summed E-state index contributed by atoms with van der Waals surface area (Å²) in [6.45, 7) is 0. The Morgan fingerprint density at radius 3 is 1.45 bits per heavy atom. The van der Waals surface area contributed by atoms with Gasteiger partial charge in [-0.1, -0.05) is 147 Å².